The molecular weight excluding hydrogens is 374 g/mol. The minimum atomic E-state index is -4.44. The lowest BCUT2D eigenvalue weighted by molar-refractivity contribution is -0.137. The maximum Gasteiger partial charge on any atom is 0.416 e. The Bertz CT molecular complexity index is 747. The Balaban J connectivity index is 2.16. The second-order valence-corrected chi connectivity index (χ2v) is 5.79. The summed E-state index contributed by atoms with van der Waals surface area (Å²) in [6.45, 7) is -0.109. The zero-order valence-corrected chi connectivity index (χ0v) is 13.6. The van der Waals surface area contributed by atoms with E-state index in [4.69, 9.17) is 34.8 Å². The van der Waals surface area contributed by atoms with Gasteiger partial charge in [-0.1, -0.05) is 46.9 Å². The Morgan fingerprint density at radius 2 is 1.70 bits per heavy atom. The first-order chi connectivity index (χ1) is 10.7. The van der Waals surface area contributed by atoms with Crippen LogP contribution in [0.25, 0.3) is 0 Å². The van der Waals surface area contributed by atoms with Gasteiger partial charge in [0.2, 0.25) is 0 Å². The van der Waals surface area contributed by atoms with Crippen molar-refractivity contribution in [3.05, 3.63) is 68.2 Å². The largest absolute Gasteiger partial charge is 0.416 e. The molecular formula is C15H9Cl3F3NO. The number of carbonyl (C=O) groups excluding carboxylic acids is 1. The lowest BCUT2D eigenvalue weighted by Gasteiger charge is -2.11. The van der Waals surface area contributed by atoms with E-state index in [2.05, 4.69) is 5.32 Å². The summed E-state index contributed by atoms with van der Waals surface area (Å²) in [5, 5.41) is 2.71. The van der Waals surface area contributed by atoms with Gasteiger partial charge in [0.05, 0.1) is 26.2 Å². The van der Waals surface area contributed by atoms with Crippen molar-refractivity contribution in [2.45, 2.75) is 12.7 Å². The van der Waals surface area contributed by atoms with Crippen LogP contribution in [-0.2, 0) is 12.7 Å². The van der Waals surface area contributed by atoms with E-state index < -0.39 is 17.6 Å². The fraction of sp³-hybridized carbons (Fsp3) is 0.133. The number of carbonyl (C=O) groups is 1. The van der Waals surface area contributed by atoms with Gasteiger partial charge in [-0.3, -0.25) is 4.79 Å². The van der Waals surface area contributed by atoms with Crippen LogP contribution in [0.15, 0.2) is 36.4 Å². The predicted octanol–water partition coefficient (Wildman–Crippen LogP) is 5.60. The van der Waals surface area contributed by atoms with Crippen molar-refractivity contribution in [1.82, 2.24) is 5.32 Å². The minimum Gasteiger partial charge on any atom is -0.348 e. The fourth-order valence-corrected chi connectivity index (χ4v) is 2.56. The van der Waals surface area contributed by atoms with Crippen molar-refractivity contribution in [2.75, 3.05) is 0 Å². The van der Waals surface area contributed by atoms with Crippen LogP contribution in [0.5, 0.6) is 0 Å². The fourth-order valence-electron chi connectivity index (χ4n) is 1.86. The summed E-state index contributed by atoms with van der Waals surface area (Å²) in [6.07, 6.45) is -4.44. The van der Waals surface area contributed by atoms with Crippen LogP contribution in [0.3, 0.4) is 0 Å². The van der Waals surface area contributed by atoms with E-state index in [0.29, 0.717) is 5.56 Å². The van der Waals surface area contributed by atoms with Crippen LogP contribution in [0.2, 0.25) is 15.1 Å². The zero-order valence-electron chi connectivity index (χ0n) is 11.3. The molecule has 0 bridgehead atoms. The highest BCUT2D eigenvalue weighted by molar-refractivity contribution is 6.46. The smallest absolute Gasteiger partial charge is 0.348 e. The summed E-state index contributed by atoms with van der Waals surface area (Å²) < 4.78 is 37.9. The molecule has 0 heterocycles. The van der Waals surface area contributed by atoms with Crippen molar-refractivity contribution in [3.63, 3.8) is 0 Å². The highest BCUT2D eigenvalue weighted by Gasteiger charge is 2.30. The van der Waals surface area contributed by atoms with Crippen molar-refractivity contribution in [2.24, 2.45) is 0 Å². The third-order valence-electron chi connectivity index (χ3n) is 2.98. The molecule has 23 heavy (non-hydrogen) atoms. The van der Waals surface area contributed by atoms with Gasteiger partial charge in [-0.15, -0.1) is 0 Å². The Morgan fingerprint density at radius 3 is 2.35 bits per heavy atom. The van der Waals surface area contributed by atoms with Crippen molar-refractivity contribution >= 4 is 40.7 Å². The molecule has 0 saturated carbocycles. The molecule has 1 amide bonds. The van der Waals surface area contributed by atoms with Gasteiger partial charge in [-0.2, -0.15) is 13.2 Å². The molecule has 0 atom stereocenters. The van der Waals surface area contributed by atoms with E-state index in [1.165, 1.54) is 24.3 Å². The number of rotatable bonds is 3. The van der Waals surface area contributed by atoms with Gasteiger partial charge in [0, 0.05) is 6.54 Å². The third kappa shape index (κ3) is 4.31. The molecule has 0 aliphatic rings. The molecule has 0 spiro atoms. The maximum absolute atomic E-state index is 12.6. The first-order valence-electron chi connectivity index (χ1n) is 6.28. The van der Waals surface area contributed by atoms with Crippen molar-refractivity contribution < 1.29 is 18.0 Å². The molecule has 0 aliphatic carbocycles. The maximum atomic E-state index is 12.6. The van der Waals surface area contributed by atoms with E-state index in [-0.39, 0.29) is 27.2 Å². The molecule has 0 aliphatic heterocycles. The standard InChI is InChI=1S/C15H9Cl3F3NO/c16-10-4-5-11(17)13(18)12(10)14(23)22-7-8-2-1-3-9(6-8)15(19,20)21/h1-6H,7H2,(H,22,23). The van der Waals surface area contributed by atoms with E-state index in [1.54, 1.807) is 0 Å². The summed E-state index contributed by atoms with van der Waals surface area (Å²) in [6, 6.07) is 7.50. The van der Waals surface area contributed by atoms with E-state index >= 15 is 0 Å². The van der Waals surface area contributed by atoms with Gasteiger partial charge in [0.15, 0.2) is 0 Å². The van der Waals surface area contributed by atoms with Gasteiger partial charge >= 0.3 is 6.18 Å². The van der Waals surface area contributed by atoms with E-state index in [0.717, 1.165) is 12.1 Å². The Labute approximate surface area is 145 Å². The van der Waals surface area contributed by atoms with Gasteiger partial charge in [-0.05, 0) is 29.8 Å². The van der Waals surface area contributed by atoms with Crippen molar-refractivity contribution in [3.8, 4) is 0 Å². The molecule has 0 unspecified atom stereocenters. The molecule has 1 N–H and O–H groups in total. The van der Waals surface area contributed by atoms with Crippen LogP contribution >= 0.6 is 34.8 Å². The molecule has 2 aromatic rings. The third-order valence-corrected chi connectivity index (χ3v) is 4.10. The van der Waals surface area contributed by atoms with Gasteiger partial charge in [0.1, 0.15) is 0 Å². The Morgan fingerprint density at radius 1 is 1.04 bits per heavy atom. The van der Waals surface area contributed by atoms with Crippen molar-refractivity contribution in [1.29, 1.82) is 0 Å². The van der Waals surface area contributed by atoms with E-state index in [1.807, 2.05) is 0 Å². The summed E-state index contributed by atoms with van der Waals surface area (Å²) in [7, 11) is 0. The number of hydrogen-bond acceptors (Lipinski definition) is 1. The zero-order chi connectivity index (χ0) is 17.2. The molecule has 0 radical (unpaired) electrons. The lowest BCUT2D eigenvalue weighted by Crippen LogP contribution is -2.23. The van der Waals surface area contributed by atoms with E-state index in [9.17, 15) is 18.0 Å². The van der Waals surface area contributed by atoms with Crippen LogP contribution < -0.4 is 5.32 Å². The average molecular weight is 383 g/mol. The topological polar surface area (TPSA) is 29.1 Å². The molecule has 2 rings (SSSR count). The summed E-state index contributed by atoms with van der Waals surface area (Å²) in [5.74, 6) is -0.625. The van der Waals surface area contributed by atoms with Crippen LogP contribution in [0, 0.1) is 0 Å². The molecule has 8 heteroatoms. The number of amides is 1. The average Bonchev–Trinajstić information content (AvgIpc) is 2.49. The molecule has 2 nitrogen and oxygen atoms in total. The number of alkyl halides is 3. The van der Waals surface area contributed by atoms with Gasteiger partial charge in [-0.25, -0.2) is 0 Å². The highest BCUT2D eigenvalue weighted by atomic mass is 35.5. The van der Waals surface area contributed by atoms with Gasteiger partial charge in [0.25, 0.3) is 5.91 Å². The number of halogens is 6. The lowest BCUT2D eigenvalue weighted by atomic mass is 10.1. The number of benzene rings is 2. The summed E-state index contributed by atoms with van der Waals surface area (Å²) in [5.41, 5.74) is -0.515. The first-order valence-corrected chi connectivity index (χ1v) is 7.41. The number of hydrogen-bond donors (Lipinski definition) is 1. The predicted molar refractivity (Wildman–Crippen MR) is 84.1 cm³/mol. The van der Waals surface area contributed by atoms with Crippen LogP contribution in [-0.4, -0.2) is 5.91 Å². The highest BCUT2D eigenvalue weighted by Crippen LogP contribution is 2.32. The quantitative estimate of drug-likeness (QED) is 0.688. The summed E-state index contributed by atoms with van der Waals surface area (Å²) in [4.78, 5) is 12.1. The Hall–Kier alpha value is -1.43. The van der Waals surface area contributed by atoms with Gasteiger partial charge < -0.3 is 5.32 Å². The molecule has 122 valence electrons. The molecule has 0 aromatic heterocycles. The summed E-state index contributed by atoms with van der Waals surface area (Å²) >= 11 is 17.7. The second-order valence-electron chi connectivity index (χ2n) is 4.60. The van der Waals surface area contributed by atoms with Crippen LogP contribution in [0.1, 0.15) is 21.5 Å². The normalized spacial score (nSPS) is 11.4. The second kappa shape index (κ2) is 6.99. The Kier molecular flexibility index (Phi) is 5.45. The molecule has 0 fully saturated rings. The first kappa shape index (κ1) is 17.9. The number of nitrogens with one attached hydrogen (secondary N) is 1. The monoisotopic (exact) mass is 381 g/mol. The minimum absolute atomic E-state index is 0.0132. The SMILES string of the molecule is O=C(NCc1cccc(C(F)(F)F)c1)c1c(Cl)ccc(Cl)c1Cl. The van der Waals surface area contributed by atoms with Crippen LogP contribution in [0.4, 0.5) is 13.2 Å². The molecule has 2 aromatic carbocycles. The molecule has 0 saturated heterocycles.